The van der Waals surface area contributed by atoms with Gasteiger partial charge in [-0.25, -0.2) is 4.39 Å². The van der Waals surface area contributed by atoms with Gasteiger partial charge in [0.2, 0.25) is 0 Å². The van der Waals surface area contributed by atoms with E-state index >= 15 is 0 Å². The van der Waals surface area contributed by atoms with Gasteiger partial charge in [-0.3, -0.25) is 4.79 Å². The molecule has 18 heavy (non-hydrogen) atoms. The molecule has 0 fully saturated rings. The zero-order valence-electron chi connectivity index (χ0n) is 11.2. The molecule has 0 aromatic heterocycles. The summed E-state index contributed by atoms with van der Waals surface area (Å²) < 4.78 is 24.3. The topological polar surface area (TPSA) is 35.5 Å². The number of ether oxygens (including phenoxy) is 2. The first-order chi connectivity index (χ1) is 8.31. The van der Waals surface area contributed by atoms with Crippen LogP contribution in [0.5, 0.6) is 5.75 Å². The molecule has 0 N–H and O–H groups in total. The molecule has 0 saturated carbocycles. The first-order valence-electron chi connectivity index (χ1n) is 5.87. The summed E-state index contributed by atoms with van der Waals surface area (Å²) in [7, 11) is 0. The molecule has 3 nitrogen and oxygen atoms in total. The molecule has 0 unspecified atom stereocenters. The van der Waals surface area contributed by atoms with Gasteiger partial charge in [0.1, 0.15) is 6.61 Å². The van der Waals surface area contributed by atoms with Crippen LogP contribution in [-0.4, -0.2) is 24.6 Å². The second kappa shape index (κ2) is 5.96. The predicted molar refractivity (Wildman–Crippen MR) is 67.6 cm³/mol. The van der Waals surface area contributed by atoms with E-state index in [-0.39, 0.29) is 29.3 Å². The van der Waals surface area contributed by atoms with Crippen LogP contribution in [-0.2, 0) is 4.74 Å². The Morgan fingerprint density at radius 1 is 1.28 bits per heavy atom. The fourth-order valence-electron chi connectivity index (χ4n) is 1.42. The summed E-state index contributed by atoms with van der Waals surface area (Å²) in [5, 5.41) is 0. The smallest absolute Gasteiger partial charge is 0.165 e. The van der Waals surface area contributed by atoms with Gasteiger partial charge in [-0.15, -0.1) is 0 Å². The van der Waals surface area contributed by atoms with Gasteiger partial charge in [-0.2, -0.15) is 0 Å². The third-order valence-electron chi connectivity index (χ3n) is 2.21. The van der Waals surface area contributed by atoms with E-state index in [4.69, 9.17) is 9.47 Å². The van der Waals surface area contributed by atoms with Crippen molar-refractivity contribution >= 4 is 5.78 Å². The molecule has 4 heteroatoms. The highest BCUT2D eigenvalue weighted by Crippen LogP contribution is 2.23. The summed E-state index contributed by atoms with van der Waals surface area (Å²) >= 11 is 0. The molecule has 0 heterocycles. The lowest BCUT2D eigenvalue weighted by Crippen LogP contribution is -2.22. The molecular weight excluding hydrogens is 235 g/mol. The van der Waals surface area contributed by atoms with Gasteiger partial charge in [0.25, 0.3) is 0 Å². The van der Waals surface area contributed by atoms with Gasteiger partial charge in [0, 0.05) is 0 Å². The minimum Gasteiger partial charge on any atom is -0.487 e. The van der Waals surface area contributed by atoms with Crippen LogP contribution in [0.3, 0.4) is 0 Å². The normalized spacial score (nSPS) is 11.4. The van der Waals surface area contributed by atoms with Crippen molar-refractivity contribution in [1.29, 1.82) is 0 Å². The summed E-state index contributed by atoms with van der Waals surface area (Å²) in [5.41, 5.74) is -0.00657. The molecule has 1 aromatic carbocycles. The summed E-state index contributed by atoms with van der Waals surface area (Å²) in [6, 6.07) is 4.31. The second-order valence-corrected chi connectivity index (χ2v) is 4.98. The highest BCUT2D eigenvalue weighted by Gasteiger charge is 2.14. The summed E-state index contributed by atoms with van der Waals surface area (Å²) in [5.74, 6) is -0.748. The van der Waals surface area contributed by atoms with Crippen molar-refractivity contribution in [3.63, 3.8) is 0 Å². The molecule has 0 bridgehead atoms. The average Bonchev–Trinajstić information content (AvgIpc) is 2.24. The lowest BCUT2D eigenvalue weighted by Gasteiger charge is -2.19. The van der Waals surface area contributed by atoms with Crippen LogP contribution in [0.4, 0.5) is 4.39 Å². The quantitative estimate of drug-likeness (QED) is 0.598. The maximum Gasteiger partial charge on any atom is 0.165 e. The lowest BCUT2D eigenvalue weighted by molar-refractivity contribution is -0.0167. The summed E-state index contributed by atoms with van der Waals surface area (Å²) in [4.78, 5) is 11.3. The van der Waals surface area contributed by atoms with E-state index in [9.17, 15) is 9.18 Å². The number of rotatable bonds is 5. The predicted octanol–water partition coefficient (Wildman–Crippen LogP) is 3.22. The Balaban J connectivity index is 2.64. The van der Waals surface area contributed by atoms with Crippen LogP contribution in [0.1, 0.15) is 38.1 Å². The van der Waals surface area contributed by atoms with E-state index in [1.54, 1.807) is 6.07 Å². The maximum absolute atomic E-state index is 13.6. The molecule has 0 spiro atoms. The van der Waals surface area contributed by atoms with Gasteiger partial charge in [0.05, 0.1) is 17.8 Å². The number of carbonyl (C=O) groups excluding carboxylic acids is 1. The molecule has 1 rings (SSSR count). The number of halogens is 1. The van der Waals surface area contributed by atoms with E-state index in [1.807, 2.05) is 20.8 Å². The van der Waals surface area contributed by atoms with Crippen molar-refractivity contribution in [2.75, 3.05) is 13.2 Å². The number of para-hydroxylation sites is 1. The van der Waals surface area contributed by atoms with E-state index in [1.165, 1.54) is 19.1 Å². The zero-order valence-corrected chi connectivity index (χ0v) is 11.2. The van der Waals surface area contributed by atoms with E-state index < -0.39 is 5.82 Å². The van der Waals surface area contributed by atoms with E-state index in [0.29, 0.717) is 6.61 Å². The van der Waals surface area contributed by atoms with Crippen molar-refractivity contribution in [2.24, 2.45) is 0 Å². The Bertz CT molecular complexity index is 422. The summed E-state index contributed by atoms with van der Waals surface area (Å²) in [6.45, 7) is 7.71. The van der Waals surface area contributed by atoms with Crippen LogP contribution in [0.25, 0.3) is 0 Å². The number of carbonyl (C=O) groups is 1. The zero-order chi connectivity index (χ0) is 13.8. The Hall–Kier alpha value is -1.42. The van der Waals surface area contributed by atoms with Gasteiger partial charge in [-0.1, -0.05) is 6.07 Å². The van der Waals surface area contributed by atoms with Crippen molar-refractivity contribution in [3.8, 4) is 5.75 Å². The number of ketones is 1. The van der Waals surface area contributed by atoms with Gasteiger partial charge in [0.15, 0.2) is 17.3 Å². The Morgan fingerprint density at radius 3 is 2.50 bits per heavy atom. The van der Waals surface area contributed by atoms with Crippen LogP contribution in [0.15, 0.2) is 18.2 Å². The Labute approximate surface area is 107 Å². The second-order valence-electron chi connectivity index (χ2n) is 4.98. The third-order valence-corrected chi connectivity index (χ3v) is 2.21. The number of hydrogen-bond acceptors (Lipinski definition) is 3. The minimum absolute atomic E-state index is 0.00232. The third kappa shape index (κ3) is 4.45. The molecule has 0 amide bonds. The fourth-order valence-corrected chi connectivity index (χ4v) is 1.42. The monoisotopic (exact) mass is 254 g/mol. The van der Waals surface area contributed by atoms with Gasteiger partial charge >= 0.3 is 0 Å². The largest absolute Gasteiger partial charge is 0.487 e. The van der Waals surface area contributed by atoms with Crippen molar-refractivity contribution in [3.05, 3.63) is 29.6 Å². The lowest BCUT2D eigenvalue weighted by atomic mass is 10.1. The fraction of sp³-hybridized carbons (Fsp3) is 0.500. The van der Waals surface area contributed by atoms with Crippen LogP contribution >= 0.6 is 0 Å². The van der Waals surface area contributed by atoms with Crippen molar-refractivity contribution < 1.29 is 18.7 Å². The SMILES string of the molecule is CC(=O)c1cccc(F)c1OCCOC(C)(C)C. The minimum atomic E-state index is -0.529. The first-order valence-corrected chi connectivity index (χ1v) is 5.87. The van der Waals surface area contributed by atoms with E-state index in [0.717, 1.165) is 0 Å². The number of Topliss-reactive ketones (excluding diaryl/α,β-unsaturated/α-hetero) is 1. The molecule has 0 aliphatic carbocycles. The molecular formula is C14H19FO3. The highest BCUT2D eigenvalue weighted by atomic mass is 19.1. The Kier molecular flexibility index (Phi) is 4.84. The molecule has 0 radical (unpaired) electrons. The van der Waals surface area contributed by atoms with Gasteiger partial charge < -0.3 is 9.47 Å². The van der Waals surface area contributed by atoms with Crippen molar-refractivity contribution in [2.45, 2.75) is 33.3 Å². The summed E-state index contributed by atoms with van der Waals surface area (Å²) in [6.07, 6.45) is 0. The van der Waals surface area contributed by atoms with Crippen LogP contribution in [0.2, 0.25) is 0 Å². The molecule has 0 saturated heterocycles. The molecule has 0 atom stereocenters. The first kappa shape index (κ1) is 14.6. The molecule has 1 aromatic rings. The maximum atomic E-state index is 13.6. The number of benzene rings is 1. The van der Waals surface area contributed by atoms with Crippen LogP contribution < -0.4 is 4.74 Å². The highest BCUT2D eigenvalue weighted by molar-refractivity contribution is 5.96. The van der Waals surface area contributed by atoms with Crippen LogP contribution in [0, 0.1) is 5.82 Å². The number of hydrogen-bond donors (Lipinski definition) is 0. The van der Waals surface area contributed by atoms with Crippen molar-refractivity contribution in [1.82, 2.24) is 0 Å². The Morgan fingerprint density at radius 2 is 1.94 bits per heavy atom. The van der Waals surface area contributed by atoms with Gasteiger partial charge in [-0.05, 0) is 39.8 Å². The molecule has 0 aliphatic rings. The average molecular weight is 254 g/mol. The molecule has 0 aliphatic heterocycles. The van der Waals surface area contributed by atoms with E-state index in [2.05, 4.69) is 0 Å². The standard InChI is InChI=1S/C14H19FO3/c1-10(16)11-6-5-7-12(15)13(11)17-8-9-18-14(2,3)4/h5-7H,8-9H2,1-4H3. The molecule has 100 valence electrons.